The number of carboxylic acids is 1. The van der Waals surface area contributed by atoms with Gasteiger partial charge in [0.05, 0.1) is 12.7 Å². The minimum atomic E-state index is -0.878. The van der Waals surface area contributed by atoms with Crippen LogP contribution >= 0.6 is 15.9 Å². The second-order valence-corrected chi connectivity index (χ2v) is 5.25. The second-order valence-electron chi connectivity index (χ2n) is 4.46. The molecule has 1 aromatic rings. The molecule has 4 heteroatoms. The van der Waals surface area contributed by atoms with Crippen LogP contribution in [0.4, 0.5) is 0 Å². The van der Waals surface area contributed by atoms with Gasteiger partial charge < -0.3 is 9.52 Å². The lowest BCUT2D eigenvalue weighted by Crippen LogP contribution is -2.00. The standard InChI is InChI=1S/C16H11BrO3/c17-15-12(9-13(18)19)16-11(7-4-8-20-16)14(15)10-5-2-1-3-6-10/h1-8H,9H2,(H,18,19). The van der Waals surface area contributed by atoms with E-state index in [9.17, 15) is 4.79 Å². The maximum Gasteiger partial charge on any atom is 0.308 e. The maximum absolute atomic E-state index is 11.0. The number of halogens is 1. The molecule has 0 amide bonds. The summed E-state index contributed by atoms with van der Waals surface area (Å²) in [6.45, 7) is 0. The molecule has 3 nitrogen and oxygen atoms in total. The van der Waals surface area contributed by atoms with Crippen molar-refractivity contribution in [1.82, 2.24) is 0 Å². The van der Waals surface area contributed by atoms with E-state index in [1.54, 1.807) is 6.26 Å². The highest BCUT2D eigenvalue weighted by Crippen LogP contribution is 2.46. The molecule has 0 atom stereocenters. The third-order valence-electron chi connectivity index (χ3n) is 3.19. The van der Waals surface area contributed by atoms with E-state index in [0.29, 0.717) is 11.3 Å². The van der Waals surface area contributed by atoms with Crippen molar-refractivity contribution in [3.05, 3.63) is 58.8 Å². The number of aliphatic carboxylic acids is 1. The van der Waals surface area contributed by atoms with Crippen molar-refractivity contribution in [3.63, 3.8) is 0 Å². The van der Waals surface area contributed by atoms with Crippen LogP contribution in [-0.4, -0.2) is 11.1 Å². The fraction of sp³-hybridized carbons (Fsp3) is 0.0625. The molecule has 0 fully saturated rings. The summed E-state index contributed by atoms with van der Waals surface area (Å²) in [5.41, 5.74) is 3.59. The van der Waals surface area contributed by atoms with Gasteiger partial charge in [-0.3, -0.25) is 4.79 Å². The topological polar surface area (TPSA) is 50.4 Å². The number of hydrogen-bond donors (Lipinski definition) is 1. The van der Waals surface area contributed by atoms with Crippen LogP contribution < -0.4 is 0 Å². The average Bonchev–Trinajstić information content (AvgIpc) is 2.72. The quantitative estimate of drug-likeness (QED) is 0.772. The molecule has 20 heavy (non-hydrogen) atoms. The molecule has 0 spiro atoms. The first-order valence-corrected chi connectivity index (χ1v) is 6.92. The van der Waals surface area contributed by atoms with Crippen molar-refractivity contribution in [2.75, 3.05) is 0 Å². The molecule has 100 valence electrons. The van der Waals surface area contributed by atoms with Gasteiger partial charge in [-0.25, -0.2) is 0 Å². The number of fused-ring (bicyclic) bond motifs is 1. The Kier molecular flexibility index (Phi) is 3.32. The number of benzene rings is 1. The third-order valence-corrected chi connectivity index (χ3v) is 4.07. The van der Waals surface area contributed by atoms with E-state index >= 15 is 0 Å². The van der Waals surface area contributed by atoms with Crippen molar-refractivity contribution < 1.29 is 14.3 Å². The highest BCUT2D eigenvalue weighted by Gasteiger charge is 2.25. The summed E-state index contributed by atoms with van der Waals surface area (Å²) in [4.78, 5) is 11.0. The Morgan fingerprint density at radius 3 is 2.60 bits per heavy atom. The van der Waals surface area contributed by atoms with Crippen molar-refractivity contribution in [2.45, 2.75) is 6.42 Å². The highest BCUT2D eigenvalue weighted by molar-refractivity contribution is 9.10. The second kappa shape index (κ2) is 5.13. The maximum atomic E-state index is 11.0. The highest BCUT2D eigenvalue weighted by atomic mass is 79.9. The van der Waals surface area contributed by atoms with E-state index < -0.39 is 5.97 Å². The smallest absolute Gasteiger partial charge is 0.308 e. The largest absolute Gasteiger partial charge is 0.481 e. The van der Waals surface area contributed by atoms with Crippen molar-refractivity contribution in [2.24, 2.45) is 0 Å². The molecule has 0 saturated carbocycles. The van der Waals surface area contributed by atoms with Gasteiger partial charge >= 0.3 is 5.97 Å². The third kappa shape index (κ3) is 2.12. The van der Waals surface area contributed by atoms with Gasteiger partial charge in [-0.1, -0.05) is 30.3 Å². The number of carbonyl (C=O) groups is 1. The van der Waals surface area contributed by atoms with E-state index in [2.05, 4.69) is 15.9 Å². The lowest BCUT2D eigenvalue weighted by atomic mass is 10.0. The molecule has 1 aliphatic heterocycles. The van der Waals surface area contributed by atoms with Crippen LogP contribution in [0.15, 0.2) is 57.6 Å². The monoisotopic (exact) mass is 330 g/mol. The Bertz CT molecular complexity index is 731. The number of carboxylic acid groups (broad SMARTS) is 1. The fourth-order valence-corrected chi connectivity index (χ4v) is 3.14. The van der Waals surface area contributed by atoms with Gasteiger partial charge in [0.1, 0.15) is 5.76 Å². The zero-order valence-electron chi connectivity index (χ0n) is 10.5. The van der Waals surface area contributed by atoms with E-state index in [4.69, 9.17) is 9.52 Å². The molecule has 1 N–H and O–H groups in total. The Balaban J connectivity index is 2.28. The molecular weight excluding hydrogens is 320 g/mol. The first kappa shape index (κ1) is 12.9. The first-order valence-electron chi connectivity index (χ1n) is 6.13. The van der Waals surface area contributed by atoms with Gasteiger partial charge in [0.15, 0.2) is 0 Å². The summed E-state index contributed by atoms with van der Waals surface area (Å²) >= 11 is 3.54. The molecule has 0 radical (unpaired) electrons. The molecule has 0 unspecified atom stereocenters. The number of rotatable bonds is 3. The molecule has 1 aliphatic carbocycles. The molecule has 3 rings (SSSR count). The van der Waals surface area contributed by atoms with Crippen molar-refractivity contribution in [3.8, 4) is 22.5 Å². The summed E-state index contributed by atoms with van der Waals surface area (Å²) < 4.78 is 6.32. The van der Waals surface area contributed by atoms with Crippen LogP contribution in [0.5, 0.6) is 0 Å². The summed E-state index contributed by atoms with van der Waals surface area (Å²) in [7, 11) is 0. The zero-order chi connectivity index (χ0) is 14.1. The Labute approximate surface area is 124 Å². The molecule has 2 aliphatic rings. The van der Waals surface area contributed by atoms with Crippen molar-refractivity contribution in [1.29, 1.82) is 0 Å². The van der Waals surface area contributed by atoms with Gasteiger partial charge in [-0.15, -0.1) is 0 Å². The average molecular weight is 331 g/mol. The van der Waals surface area contributed by atoms with Crippen LogP contribution in [0.2, 0.25) is 0 Å². The molecule has 0 bridgehead atoms. The van der Waals surface area contributed by atoms with Gasteiger partial charge in [-0.2, -0.15) is 0 Å². The van der Waals surface area contributed by atoms with E-state index in [0.717, 1.165) is 21.2 Å². The van der Waals surface area contributed by atoms with Crippen LogP contribution in [0.1, 0.15) is 5.56 Å². The predicted molar refractivity (Wildman–Crippen MR) is 79.8 cm³/mol. The van der Waals surface area contributed by atoms with E-state index in [-0.39, 0.29) is 6.42 Å². The molecule has 0 saturated heterocycles. The van der Waals surface area contributed by atoms with Gasteiger partial charge in [-0.05, 0) is 33.6 Å². The van der Waals surface area contributed by atoms with Crippen LogP contribution in [0.25, 0.3) is 22.5 Å². The summed E-state index contributed by atoms with van der Waals surface area (Å²) in [6.07, 6.45) is 1.49. The van der Waals surface area contributed by atoms with Crippen LogP contribution in [0, 0.1) is 0 Å². The molecule has 1 aromatic carbocycles. The van der Waals surface area contributed by atoms with Crippen molar-refractivity contribution >= 4 is 21.9 Å². The van der Waals surface area contributed by atoms with E-state index in [1.165, 1.54) is 0 Å². The lowest BCUT2D eigenvalue weighted by Gasteiger charge is -2.03. The first-order chi connectivity index (χ1) is 9.68. The SMILES string of the molecule is O=C(O)Cc1c2occcc-2c(-c2ccccc2)c1Br. The Hall–Kier alpha value is -2.07. The van der Waals surface area contributed by atoms with Gasteiger partial charge in [0, 0.05) is 21.2 Å². The normalized spacial score (nSPS) is 10.8. The van der Waals surface area contributed by atoms with E-state index in [1.807, 2.05) is 42.5 Å². The fourth-order valence-electron chi connectivity index (χ4n) is 2.38. The minimum Gasteiger partial charge on any atom is -0.481 e. The lowest BCUT2D eigenvalue weighted by molar-refractivity contribution is -0.136. The van der Waals surface area contributed by atoms with Gasteiger partial charge in [0.25, 0.3) is 0 Å². The van der Waals surface area contributed by atoms with Crippen LogP contribution in [-0.2, 0) is 11.2 Å². The Morgan fingerprint density at radius 2 is 1.90 bits per heavy atom. The zero-order valence-corrected chi connectivity index (χ0v) is 12.1. The molecule has 0 aromatic heterocycles. The summed E-state index contributed by atoms with van der Waals surface area (Å²) in [5.74, 6) is -0.253. The van der Waals surface area contributed by atoms with Gasteiger partial charge in [0.2, 0.25) is 0 Å². The predicted octanol–water partition coefficient (Wildman–Crippen LogP) is 4.44. The summed E-state index contributed by atoms with van der Waals surface area (Å²) in [5, 5.41) is 9.07. The molecule has 1 heterocycles. The summed E-state index contributed by atoms with van der Waals surface area (Å²) in [6, 6.07) is 13.6. The minimum absolute atomic E-state index is 0.0720. The Morgan fingerprint density at radius 1 is 1.15 bits per heavy atom. The number of hydrogen-bond acceptors (Lipinski definition) is 2. The molecular formula is C16H11BrO3. The van der Waals surface area contributed by atoms with Crippen LogP contribution in [0.3, 0.4) is 0 Å².